The predicted molar refractivity (Wildman–Crippen MR) is 409 cm³/mol. The fraction of sp³-hybridized carbons (Fsp3) is 0.815. The van der Waals surface area contributed by atoms with Crippen molar-refractivity contribution in [3.63, 3.8) is 0 Å². The zero-order valence-electron chi connectivity index (χ0n) is 65.6. The molecule has 1 aliphatic rings. The van der Waals surface area contributed by atoms with Gasteiger partial charge in [-0.15, -0.1) is 0 Å². The van der Waals surface area contributed by atoms with Gasteiger partial charge in [-0.2, -0.15) is 0 Å². The third kappa shape index (κ3) is 50.3. The van der Waals surface area contributed by atoms with Crippen LogP contribution in [-0.2, 0) is 52.5 Å². The van der Waals surface area contributed by atoms with E-state index in [4.69, 9.17) is 28.8 Å². The molecule has 4 unspecified atom stereocenters. The number of hydrogen-bond acceptors (Lipinski definition) is 13. The maximum Gasteiger partial charge on any atom is 0.326 e. The number of hydrogen-bond donors (Lipinski definition) is 8. The van der Waals surface area contributed by atoms with Crippen molar-refractivity contribution in [3.8, 4) is 0 Å². The molecule has 0 bridgehead atoms. The molecule has 1 aliphatic heterocycles. The predicted octanol–water partition coefficient (Wildman–Crippen LogP) is 16.2. The molecule has 102 heavy (non-hydrogen) atoms. The first-order valence-electron chi connectivity index (χ1n) is 39.9. The molecule has 6 atom stereocenters. The minimum Gasteiger partial charge on any atom is -0.481 e. The molecule has 1 fully saturated rings. The van der Waals surface area contributed by atoms with Crippen LogP contribution in [0.1, 0.15) is 313 Å². The molecule has 5 amide bonds. The van der Waals surface area contributed by atoms with Crippen LogP contribution in [0.4, 0.5) is 4.79 Å². The summed E-state index contributed by atoms with van der Waals surface area (Å²) in [5, 5.41) is 40.8. The molecule has 1 saturated heterocycles. The fourth-order valence-corrected chi connectivity index (χ4v) is 11.9. The summed E-state index contributed by atoms with van der Waals surface area (Å²) in [5.41, 5.74) is -2.17. The first-order chi connectivity index (χ1) is 48.9. The zero-order chi connectivity index (χ0) is 75.6. The van der Waals surface area contributed by atoms with Gasteiger partial charge in [-0.05, 0) is 183 Å². The molecule has 590 valence electrons. The number of carbonyl (C=O) groups excluding carboxylic acids is 4. The number of nitrogens with zero attached hydrogens (tertiary/aromatic N) is 1. The van der Waals surface area contributed by atoms with Crippen molar-refractivity contribution in [3.05, 3.63) is 48.6 Å². The van der Waals surface area contributed by atoms with Crippen molar-refractivity contribution >= 4 is 41.7 Å². The average Bonchev–Trinajstić information content (AvgIpc) is 1.68. The van der Waals surface area contributed by atoms with Gasteiger partial charge in [-0.25, -0.2) is 14.4 Å². The van der Waals surface area contributed by atoms with Crippen LogP contribution in [0.3, 0.4) is 0 Å². The summed E-state index contributed by atoms with van der Waals surface area (Å²) in [6, 6.07) is -3.91. The molecule has 0 aromatic carbocycles. The van der Waals surface area contributed by atoms with Crippen LogP contribution in [0.25, 0.3) is 0 Å². The number of carboxylic acids is 3. The molecule has 0 saturated carbocycles. The summed E-state index contributed by atoms with van der Waals surface area (Å²) in [6.07, 6.45) is 55.2. The minimum atomic E-state index is -1.51. The highest BCUT2D eigenvalue weighted by atomic mass is 16.7. The number of ether oxygens (including phenoxy) is 5. The lowest BCUT2D eigenvalue weighted by molar-refractivity contribution is -0.180. The quantitative estimate of drug-likeness (QED) is 0.0207. The van der Waals surface area contributed by atoms with Crippen molar-refractivity contribution in [2.24, 2.45) is 5.41 Å². The third-order valence-corrected chi connectivity index (χ3v) is 19.3. The van der Waals surface area contributed by atoms with Gasteiger partial charge in [0.15, 0.2) is 5.79 Å². The molecule has 21 nitrogen and oxygen atoms in total. The number of carbonyl (C=O) groups is 7. The van der Waals surface area contributed by atoms with E-state index in [1.807, 2.05) is 34.6 Å². The topological polar surface area (TPSA) is 290 Å². The number of carboxylic acid groups (broad SMARTS) is 3. The highest BCUT2D eigenvalue weighted by Gasteiger charge is 2.41. The highest BCUT2D eigenvalue weighted by molar-refractivity contribution is 5.86. The number of rotatable bonds is 68. The summed E-state index contributed by atoms with van der Waals surface area (Å²) in [7, 11) is 2.19. The average molecular weight is 1440 g/mol. The molecular formula is C81H146N6O15. The largest absolute Gasteiger partial charge is 0.481 e. The fourth-order valence-electron chi connectivity index (χ4n) is 11.9. The van der Waals surface area contributed by atoms with Crippen molar-refractivity contribution < 1.29 is 72.6 Å². The lowest BCUT2D eigenvalue weighted by atomic mass is 9.87. The van der Waals surface area contributed by atoms with Crippen LogP contribution >= 0.6 is 0 Å². The smallest absolute Gasteiger partial charge is 0.326 e. The summed E-state index contributed by atoms with van der Waals surface area (Å²) >= 11 is 0. The zero-order valence-corrected chi connectivity index (χ0v) is 65.6. The summed E-state index contributed by atoms with van der Waals surface area (Å²) in [5.74, 6) is -4.98. The van der Waals surface area contributed by atoms with E-state index in [0.29, 0.717) is 45.3 Å². The number of urea groups is 1. The summed E-state index contributed by atoms with van der Waals surface area (Å²) in [4.78, 5) is 87.9. The van der Waals surface area contributed by atoms with E-state index in [-0.39, 0.29) is 76.0 Å². The van der Waals surface area contributed by atoms with Crippen molar-refractivity contribution in [2.75, 3.05) is 66.2 Å². The highest BCUT2D eigenvalue weighted by Crippen LogP contribution is 2.36. The van der Waals surface area contributed by atoms with Gasteiger partial charge in [-0.3, -0.25) is 19.2 Å². The summed E-state index contributed by atoms with van der Waals surface area (Å²) in [6.45, 7) is 21.9. The Kier molecular flexibility index (Phi) is 54.9. The van der Waals surface area contributed by atoms with Crippen molar-refractivity contribution in [1.82, 2.24) is 31.5 Å². The van der Waals surface area contributed by atoms with Gasteiger partial charge in [0.1, 0.15) is 12.1 Å². The Hall–Kier alpha value is -5.19. The number of unbranched alkanes of at least 4 members (excludes halogenated alkanes) is 21. The number of aliphatic carboxylic acids is 3. The summed E-state index contributed by atoms with van der Waals surface area (Å²) < 4.78 is 32.2. The second-order valence-corrected chi connectivity index (χ2v) is 29.7. The Bertz CT molecular complexity index is 2320. The van der Waals surface area contributed by atoms with Crippen molar-refractivity contribution in [1.29, 1.82) is 0 Å². The second kappa shape index (κ2) is 59.0. The van der Waals surface area contributed by atoms with Gasteiger partial charge in [0.25, 0.3) is 0 Å². The van der Waals surface area contributed by atoms with Gasteiger partial charge < -0.3 is 70.5 Å². The first-order valence-corrected chi connectivity index (χ1v) is 39.9. The van der Waals surface area contributed by atoms with Crippen LogP contribution in [0.15, 0.2) is 48.6 Å². The van der Waals surface area contributed by atoms with Crippen LogP contribution in [0.5, 0.6) is 0 Å². The van der Waals surface area contributed by atoms with E-state index < -0.39 is 71.0 Å². The van der Waals surface area contributed by atoms with Crippen LogP contribution in [-0.4, -0.2) is 169 Å². The Morgan fingerprint density at radius 1 is 0.559 bits per heavy atom. The Morgan fingerprint density at radius 2 is 1.09 bits per heavy atom. The van der Waals surface area contributed by atoms with Crippen LogP contribution in [0, 0.1) is 5.41 Å². The SMILES string of the molecule is CCCCC/C=C\C/C=C\CCCCCCCCC1(CCCCCCCC/C=C\C/C=C\CCCCC)OCC(CCN(C)CCCCCC(=O)NCC(C)(CC)OCC(C)(C)OCCNC(=O)C(C)(CC)COC(C)CC(=O)NCCCC[C@@H](NC(=O)N[C@H](CCC(=O)O)C(=O)O)C(=O)O)O1. The van der Waals surface area contributed by atoms with Crippen molar-refractivity contribution in [2.45, 2.75) is 354 Å². The van der Waals surface area contributed by atoms with E-state index in [9.17, 15) is 43.8 Å². The molecule has 0 aromatic rings. The molecule has 1 heterocycles. The first kappa shape index (κ1) is 94.8. The molecular weight excluding hydrogens is 1300 g/mol. The van der Waals surface area contributed by atoms with Crippen LogP contribution in [0.2, 0.25) is 0 Å². The molecule has 0 radical (unpaired) electrons. The van der Waals surface area contributed by atoms with E-state index in [2.05, 4.69) is 101 Å². The number of allylic oxidation sites excluding steroid dienone is 8. The van der Waals surface area contributed by atoms with Gasteiger partial charge in [-0.1, -0.05) is 160 Å². The molecule has 0 aliphatic carbocycles. The van der Waals surface area contributed by atoms with Crippen LogP contribution < -0.4 is 26.6 Å². The van der Waals surface area contributed by atoms with E-state index in [0.717, 1.165) is 77.3 Å². The second-order valence-electron chi connectivity index (χ2n) is 29.7. The van der Waals surface area contributed by atoms with Gasteiger partial charge in [0, 0.05) is 51.9 Å². The normalized spacial score (nSPS) is 16.2. The van der Waals surface area contributed by atoms with E-state index >= 15 is 0 Å². The Labute approximate surface area is 617 Å². The molecule has 8 N–H and O–H groups in total. The third-order valence-electron chi connectivity index (χ3n) is 19.3. The van der Waals surface area contributed by atoms with Gasteiger partial charge in [0.2, 0.25) is 17.7 Å². The van der Waals surface area contributed by atoms with E-state index in [1.165, 1.54) is 128 Å². The van der Waals surface area contributed by atoms with E-state index in [1.54, 1.807) is 13.8 Å². The Morgan fingerprint density at radius 3 is 1.62 bits per heavy atom. The maximum atomic E-state index is 13.4. The lowest BCUT2D eigenvalue weighted by Gasteiger charge is -2.34. The monoisotopic (exact) mass is 1440 g/mol. The van der Waals surface area contributed by atoms with Gasteiger partial charge >= 0.3 is 23.9 Å². The Balaban J connectivity index is 2.46. The molecule has 0 aromatic heterocycles. The number of nitrogens with one attached hydrogen (secondary N) is 5. The lowest BCUT2D eigenvalue weighted by Crippen LogP contribution is -2.51. The molecule has 21 heteroatoms. The standard InChI is InChI=1S/C81H146N6O15/c1-11-15-17-19-21-23-25-27-29-31-33-35-37-39-41-46-55-81(56-47-42-40-38-36-34-32-30-28-26-24-22-20-18-16-12-2)100-63-68(102-81)54-60-87(10)59-49-43-44-51-71(88)84-64-80(9,14-4)101-65-78(6,7)99-61-58-83-76(96)79(8,13-3)66-98-67(5)62-72(89)82-57-48-45-50-69(74(92)93)85-77(97)86-70(75(94)95)52-53-73(90)91/h21-24,27-30,67-70H,11-20,25-26,31-66H2,1-10H3,(H,82,89)(H,83,96)(H,84,88)(H,90,91)(H,92,93)(H,94,95)(H2,85,86,97)/b23-21-,24-22-,29-27-,30-28-/t67?,68?,69-,70-,79?,80?/m1/s1. The minimum absolute atomic E-state index is 0.00531. The molecule has 1 rings (SSSR count). The number of amides is 5. The molecule has 0 spiro atoms. The van der Waals surface area contributed by atoms with Gasteiger partial charge in [0.05, 0.1) is 61.7 Å². The maximum absolute atomic E-state index is 13.4.